The molecule has 0 aromatic carbocycles. The van der Waals surface area contributed by atoms with Crippen molar-refractivity contribution >= 4 is 11.6 Å². The van der Waals surface area contributed by atoms with Crippen LogP contribution in [-0.4, -0.2) is 34.6 Å². The van der Waals surface area contributed by atoms with Crippen molar-refractivity contribution in [3.05, 3.63) is 23.8 Å². The van der Waals surface area contributed by atoms with E-state index in [9.17, 15) is 19.1 Å². The molecule has 0 heterocycles. The van der Waals surface area contributed by atoms with Crippen molar-refractivity contribution in [1.82, 2.24) is 0 Å². The summed E-state index contributed by atoms with van der Waals surface area (Å²) in [5, 5.41) is 10.8. The molecule has 3 nitrogen and oxygen atoms in total. The van der Waals surface area contributed by atoms with Crippen LogP contribution in [0.5, 0.6) is 0 Å². The fourth-order valence-electron chi connectivity index (χ4n) is 5.59. The largest absolute Gasteiger partial charge is 0.390 e. The summed E-state index contributed by atoms with van der Waals surface area (Å²) in [6, 6.07) is 0. The Morgan fingerprint density at radius 3 is 2.64 bits per heavy atom. The maximum Gasteiger partial charge on any atom is 0.178 e. The average Bonchev–Trinajstić information content (AvgIpc) is 2.50. The number of ketones is 2. The molecule has 0 amide bonds. The van der Waals surface area contributed by atoms with E-state index >= 15 is 4.39 Å². The van der Waals surface area contributed by atoms with Crippen LogP contribution in [-0.2, 0) is 9.59 Å². The fraction of sp³-hybridized carbons (Fsp3) is 0.700. The number of carbonyl (C=O) groups excluding carboxylic acids is 2. The van der Waals surface area contributed by atoms with Crippen LogP contribution >= 0.6 is 0 Å². The van der Waals surface area contributed by atoms with Gasteiger partial charge in [0.15, 0.2) is 11.5 Å². The molecule has 0 aromatic heterocycles. The lowest BCUT2D eigenvalue weighted by atomic mass is 9.45. The van der Waals surface area contributed by atoms with Gasteiger partial charge in [0.1, 0.15) is 12.0 Å². The van der Waals surface area contributed by atoms with Crippen LogP contribution in [0, 0.1) is 22.7 Å². The number of hydrogen-bond acceptors (Lipinski definition) is 3. The number of hydrogen-bond donors (Lipinski definition) is 1. The number of rotatable bonds is 2. The summed E-state index contributed by atoms with van der Waals surface area (Å²) >= 11 is 0. The molecule has 7 atom stereocenters. The highest BCUT2D eigenvalue weighted by molar-refractivity contribution is 6.01. The molecule has 0 bridgehead atoms. The van der Waals surface area contributed by atoms with Crippen LogP contribution in [0.3, 0.4) is 0 Å². The molecule has 25 heavy (non-hydrogen) atoms. The number of aliphatic hydroxyl groups excluding tert-OH is 1. The third kappa shape index (κ3) is 2.38. The van der Waals surface area contributed by atoms with Gasteiger partial charge in [-0.05, 0) is 55.7 Å². The first kappa shape index (κ1) is 18.4. The number of alkyl halides is 2. The van der Waals surface area contributed by atoms with Gasteiger partial charge in [-0.3, -0.25) is 4.79 Å². The third-order valence-electron chi connectivity index (χ3n) is 7.11. The van der Waals surface area contributed by atoms with Gasteiger partial charge in [-0.25, -0.2) is 8.78 Å². The van der Waals surface area contributed by atoms with E-state index in [1.54, 1.807) is 6.92 Å². The van der Waals surface area contributed by atoms with Crippen molar-refractivity contribution in [3.8, 4) is 0 Å². The van der Waals surface area contributed by atoms with Gasteiger partial charge in [-0.2, -0.15) is 0 Å². The summed E-state index contributed by atoms with van der Waals surface area (Å²) in [5.74, 6) is -1.37. The van der Waals surface area contributed by atoms with E-state index in [4.69, 9.17) is 0 Å². The zero-order chi connectivity index (χ0) is 18.8. The minimum absolute atomic E-state index is 0.0181. The number of aliphatic hydroxyl groups is 1. The zero-order valence-corrected chi connectivity index (χ0v) is 15.2. The SMILES string of the molecule is CC(=O)CC1(C)CC(O)C2(F)C(CC(F)C3=CC(=O)C=CC32C)C1C. The lowest BCUT2D eigenvalue weighted by Crippen LogP contribution is -2.68. The third-order valence-corrected chi connectivity index (χ3v) is 7.11. The number of halogens is 2. The molecule has 0 radical (unpaired) electrons. The van der Waals surface area contributed by atoms with E-state index in [2.05, 4.69) is 0 Å². The summed E-state index contributed by atoms with van der Waals surface area (Å²) in [5.41, 5.74) is -3.86. The van der Waals surface area contributed by atoms with Gasteiger partial charge in [0.25, 0.3) is 0 Å². The van der Waals surface area contributed by atoms with Crippen LogP contribution in [0.25, 0.3) is 0 Å². The topological polar surface area (TPSA) is 54.4 Å². The molecule has 3 aliphatic rings. The molecule has 2 saturated carbocycles. The minimum Gasteiger partial charge on any atom is -0.390 e. The first-order chi connectivity index (χ1) is 11.5. The molecule has 3 aliphatic carbocycles. The van der Waals surface area contributed by atoms with Crippen molar-refractivity contribution in [3.63, 3.8) is 0 Å². The molecule has 5 heteroatoms. The lowest BCUT2D eigenvalue weighted by Gasteiger charge is -2.62. The Bertz CT molecular complexity index is 684. The fourth-order valence-corrected chi connectivity index (χ4v) is 5.59. The summed E-state index contributed by atoms with van der Waals surface area (Å²) in [6.07, 6.45) is 1.42. The first-order valence-electron chi connectivity index (χ1n) is 8.91. The second kappa shape index (κ2) is 5.57. The Morgan fingerprint density at radius 2 is 2.04 bits per heavy atom. The molecule has 1 N–H and O–H groups in total. The summed E-state index contributed by atoms with van der Waals surface area (Å²) in [6.45, 7) is 6.79. The monoisotopic (exact) mass is 352 g/mol. The Hall–Kier alpha value is -1.36. The Morgan fingerprint density at radius 1 is 1.40 bits per heavy atom. The van der Waals surface area contributed by atoms with E-state index in [-0.39, 0.29) is 42.3 Å². The van der Waals surface area contributed by atoms with E-state index in [1.165, 1.54) is 25.2 Å². The van der Waals surface area contributed by atoms with Crippen LogP contribution in [0.15, 0.2) is 23.8 Å². The van der Waals surface area contributed by atoms with Gasteiger partial charge in [0.2, 0.25) is 0 Å². The van der Waals surface area contributed by atoms with Gasteiger partial charge >= 0.3 is 0 Å². The lowest BCUT2D eigenvalue weighted by molar-refractivity contribution is -0.200. The second-order valence-electron chi connectivity index (χ2n) is 8.66. The van der Waals surface area contributed by atoms with Crippen molar-refractivity contribution in [2.45, 2.75) is 64.9 Å². The molecule has 7 unspecified atom stereocenters. The molecule has 0 spiro atoms. The van der Waals surface area contributed by atoms with Crippen LogP contribution < -0.4 is 0 Å². The van der Waals surface area contributed by atoms with Crippen molar-refractivity contribution in [2.75, 3.05) is 0 Å². The van der Waals surface area contributed by atoms with Crippen LogP contribution in [0.2, 0.25) is 0 Å². The standard InChI is InChI=1S/C20H26F2O3/c1-11(23)9-18(3)10-17(25)20(22)14(12(18)2)8-16(21)15-7-13(24)5-6-19(15,20)4/h5-7,12,14,16-17,25H,8-10H2,1-4H3. The van der Waals surface area contributed by atoms with Gasteiger partial charge in [-0.1, -0.05) is 19.9 Å². The molecule has 138 valence electrons. The van der Waals surface area contributed by atoms with Gasteiger partial charge < -0.3 is 9.90 Å². The molecule has 0 aliphatic heterocycles. The van der Waals surface area contributed by atoms with E-state index in [1.807, 2.05) is 13.8 Å². The Labute approximate surface area is 147 Å². The highest BCUT2D eigenvalue weighted by Crippen LogP contribution is 2.65. The quantitative estimate of drug-likeness (QED) is 0.827. The number of Topliss-reactive ketones (excluding diaryl/α,β-unsaturated/α-hetero) is 1. The highest BCUT2D eigenvalue weighted by atomic mass is 19.1. The predicted octanol–water partition coefficient (Wildman–Crippen LogP) is 3.51. The summed E-state index contributed by atoms with van der Waals surface area (Å²) in [4.78, 5) is 23.4. The van der Waals surface area contributed by atoms with Crippen molar-refractivity contribution in [1.29, 1.82) is 0 Å². The Balaban J connectivity index is 2.10. The van der Waals surface area contributed by atoms with Gasteiger partial charge in [0.05, 0.1) is 6.10 Å². The molecule has 2 fully saturated rings. The first-order valence-corrected chi connectivity index (χ1v) is 8.91. The van der Waals surface area contributed by atoms with E-state index < -0.39 is 34.7 Å². The average molecular weight is 352 g/mol. The smallest absolute Gasteiger partial charge is 0.178 e. The summed E-state index contributed by atoms with van der Waals surface area (Å²) < 4.78 is 31.4. The summed E-state index contributed by atoms with van der Waals surface area (Å²) in [7, 11) is 0. The predicted molar refractivity (Wildman–Crippen MR) is 90.4 cm³/mol. The zero-order valence-electron chi connectivity index (χ0n) is 15.2. The van der Waals surface area contributed by atoms with E-state index in [0.717, 1.165) is 0 Å². The number of carbonyl (C=O) groups is 2. The van der Waals surface area contributed by atoms with Gasteiger partial charge in [-0.15, -0.1) is 0 Å². The number of allylic oxidation sites excluding steroid dienone is 4. The van der Waals surface area contributed by atoms with Gasteiger partial charge in [0, 0.05) is 17.8 Å². The molecule has 0 aromatic rings. The molecule has 3 rings (SSSR count). The Kier molecular flexibility index (Phi) is 4.10. The van der Waals surface area contributed by atoms with Crippen LogP contribution in [0.1, 0.15) is 47.0 Å². The van der Waals surface area contributed by atoms with E-state index in [0.29, 0.717) is 0 Å². The normalized spacial score (nSPS) is 49.2. The minimum atomic E-state index is -2.06. The molecule has 0 saturated heterocycles. The molecular formula is C20H26F2O3. The number of fused-ring (bicyclic) bond motifs is 3. The maximum atomic E-state index is 16.5. The van der Waals surface area contributed by atoms with Crippen LogP contribution in [0.4, 0.5) is 8.78 Å². The highest BCUT2D eigenvalue weighted by Gasteiger charge is 2.69. The maximum absolute atomic E-state index is 16.5. The molecular weight excluding hydrogens is 326 g/mol. The van der Waals surface area contributed by atoms with Crippen molar-refractivity contribution < 1.29 is 23.5 Å². The van der Waals surface area contributed by atoms with Crippen molar-refractivity contribution in [2.24, 2.45) is 22.7 Å². The second-order valence-corrected chi connectivity index (χ2v) is 8.66.